The molecule has 1 aromatic rings. The molecule has 7 nitrogen and oxygen atoms in total. The van der Waals surface area contributed by atoms with Crippen molar-refractivity contribution in [2.24, 2.45) is 0 Å². The van der Waals surface area contributed by atoms with Gasteiger partial charge in [0.05, 0.1) is 18.2 Å². The molecule has 0 aliphatic rings. The minimum atomic E-state index is -0.581. The molecule has 0 radical (unpaired) electrons. The summed E-state index contributed by atoms with van der Waals surface area (Å²) < 4.78 is 0. The van der Waals surface area contributed by atoms with Gasteiger partial charge in [-0.1, -0.05) is 51.9 Å². The topological polar surface area (TPSA) is 115 Å². The number of hydrogen-bond acceptors (Lipinski definition) is 5. The molecular formula is C21H35N3O4S. The monoisotopic (exact) mass is 425 g/mol. The van der Waals surface area contributed by atoms with Gasteiger partial charge in [-0.05, 0) is 25.2 Å². The summed E-state index contributed by atoms with van der Waals surface area (Å²) >= 11 is 1.73. The summed E-state index contributed by atoms with van der Waals surface area (Å²) in [5.74, 6) is 1.27. The molecule has 0 saturated heterocycles. The SMILES string of the molecule is CCCCCCCCCCSCC(CO)NC(=O)/C=C/c1c(C)[nH]c(=O)[nH]c1=O. The average molecular weight is 426 g/mol. The molecule has 29 heavy (non-hydrogen) atoms. The van der Waals surface area contributed by atoms with Gasteiger partial charge in [-0.2, -0.15) is 11.8 Å². The molecule has 0 saturated carbocycles. The van der Waals surface area contributed by atoms with Gasteiger partial charge in [0.15, 0.2) is 0 Å². The van der Waals surface area contributed by atoms with Crippen LogP contribution in [0.15, 0.2) is 15.7 Å². The number of carbonyl (C=O) groups is 1. The Balaban J connectivity index is 2.27. The first-order chi connectivity index (χ1) is 14.0. The van der Waals surface area contributed by atoms with Crippen molar-refractivity contribution in [3.63, 3.8) is 0 Å². The molecular weight excluding hydrogens is 390 g/mol. The Kier molecular flexibility index (Phi) is 13.1. The molecule has 164 valence electrons. The lowest BCUT2D eigenvalue weighted by Gasteiger charge is -2.14. The van der Waals surface area contributed by atoms with Crippen LogP contribution < -0.4 is 16.6 Å². The Morgan fingerprint density at radius 2 is 1.76 bits per heavy atom. The molecule has 1 amide bonds. The molecule has 1 atom stereocenters. The summed E-state index contributed by atoms with van der Waals surface area (Å²) in [6, 6.07) is -0.332. The molecule has 0 aliphatic heterocycles. The number of amides is 1. The van der Waals surface area contributed by atoms with E-state index in [4.69, 9.17) is 0 Å². The van der Waals surface area contributed by atoms with Crippen molar-refractivity contribution in [2.45, 2.75) is 71.3 Å². The highest BCUT2D eigenvalue weighted by atomic mass is 32.2. The van der Waals surface area contributed by atoms with Crippen molar-refractivity contribution in [3.8, 4) is 0 Å². The first-order valence-electron chi connectivity index (χ1n) is 10.5. The third-order valence-corrected chi connectivity index (χ3v) is 5.82. The van der Waals surface area contributed by atoms with Crippen molar-refractivity contribution in [2.75, 3.05) is 18.1 Å². The maximum absolute atomic E-state index is 12.1. The van der Waals surface area contributed by atoms with Crippen molar-refractivity contribution in [3.05, 3.63) is 38.2 Å². The summed E-state index contributed by atoms with van der Waals surface area (Å²) in [6.45, 7) is 3.68. The Morgan fingerprint density at radius 3 is 2.38 bits per heavy atom. The van der Waals surface area contributed by atoms with E-state index >= 15 is 0 Å². The highest BCUT2D eigenvalue weighted by molar-refractivity contribution is 7.99. The zero-order valence-corrected chi connectivity index (χ0v) is 18.4. The van der Waals surface area contributed by atoms with E-state index in [2.05, 4.69) is 22.2 Å². The van der Waals surface area contributed by atoms with Crippen LogP contribution in [-0.2, 0) is 4.79 Å². The van der Waals surface area contributed by atoms with Gasteiger partial charge in [-0.3, -0.25) is 14.6 Å². The maximum atomic E-state index is 12.1. The Bertz CT molecular complexity index is 742. The predicted molar refractivity (Wildman–Crippen MR) is 120 cm³/mol. The van der Waals surface area contributed by atoms with E-state index in [1.165, 1.54) is 57.1 Å². The molecule has 0 aromatic carbocycles. The van der Waals surface area contributed by atoms with Crippen molar-refractivity contribution < 1.29 is 9.90 Å². The summed E-state index contributed by atoms with van der Waals surface area (Å²) in [4.78, 5) is 39.6. The van der Waals surface area contributed by atoms with Crippen LogP contribution in [-0.4, -0.2) is 45.1 Å². The highest BCUT2D eigenvalue weighted by Gasteiger charge is 2.10. The molecule has 0 aliphatic carbocycles. The van der Waals surface area contributed by atoms with E-state index in [1.807, 2.05) is 0 Å². The van der Waals surface area contributed by atoms with Crippen molar-refractivity contribution >= 4 is 23.7 Å². The second kappa shape index (κ2) is 15.1. The van der Waals surface area contributed by atoms with Crippen molar-refractivity contribution in [1.82, 2.24) is 15.3 Å². The summed E-state index contributed by atoms with van der Waals surface area (Å²) in [5, 5.41) is 12.2. The second-order valence-corrected chi connectivity index (χ2v) is 8.37. The molecule has 1 aromatic heterocycles. The minimum Gasteiger partial charge on any atom is -0.394 e. The molecule has 1 rings (SSSR count). The maximum Gasteiger partial charge on any atom is 0.325 e. The van der Waals surface area contributed by atoms with Gasteiger partial charge in [0.2, 0.25) is 5.91 Å². The molecule has 4 N–H and O–H groups in total. The first kappa shape index (κ1) is 25.2. The number of H-pyrrole nitrogens is 2. The number of aromatic amines is 2. The van der Waals surface area contributed by atoms with Gasteiger partial charge in [0.25, 0.3) is 5.56 Å². The van der Waals surface area contributed by atoms with Crippen LogP contribution >= 0.6 is 11.8 Å². The Labute approximate surface area is 176 Å². The standard InChI is InChI=1S/C21H35N3O4S/c1-3-4-5-6-7-8-9-10-13-29-15-17(14-25)23-19(26)12-11-18-16(2)22-21(28)24-20(18)27/h11-12,17,25H,3-10,13-15H2,1-2H3,(H,23,26)(H2,22,24,27,28)/b12-11+. The van der Waals surface area contributed by atoms with Gasteiger partial charge in [-0.15, -0.1) is 0 Å². The van der Waals surface area contributed by atoms with Gasteiger partial charge < -0.3 is 15.4 Å². The van der Waals surface area contributed by atoms with Gasteiger partial charge in [0.1, 0.15) is 0 Å². The van der Waals surface area contributed by atoms with Crippen LogP contribution in [0.2, 0.25) is 0 Å². The van der Waals surface area contributed by atoms with Gasteiger partial charge in [0, 0.05) is 17.5 Å². The van der Waals surface area contributed by atoms with E-state index in [9.17, 15) is 19.5 Å². The number of nitrogens with one attached hydrogen (secondary N) is 3. The molecule has 0 fully saturated rings. The number of aromatic nitrogens is 2. The molecule has 0 spiro atoms. The third kappa shape index (κ3) is 11.1. The summed E-state index contributed by atoms with van der Waals surface area (Å²) in [7, 11) is 0. The fourth-order valence-electron chi connectivity index (χ4n) is 2.92. The van der Waals surface area contributed by atoms with Crippen LogP contribution in [0, 0.1) is 6.92 Å². The van der Waals surface area contributed by atoms with E-state index in [0.717, 1.165) is 12.2 Å². The number of rotatable bonds is 15. The number of aliphatic hydroxyl groups is 1. The van der Waals surface area contributed by atoms with Crippen LogP contribution in [0.4, 0.5) is 0 Å². The number of aliphatic hydroxyl groups excluding tert-OH is 1. The predicted octanol–water partition coefficient (Wildman–Crippen LogP) is 2.74. The second-order valence-electron chi connectivity index (χ2n) is 7.22. The fourth-order valence-corrected chi connectivity index (χ4v) is 3.97. The zero-order chi connectivity index (χ0) is 21.5. The average Bonchev–Trinajstić information content (AvgIpc) is 2.67. The first-order valence-corrected chi connectivity index (χ1v) is 11.6. The van der Waals surface area contributed by atoms with E-state index in [1.54, 1.807) is 18.7 Å². The number of unbranched alkanes of at least 4 members (excludes halogenated alkanes) is 7. The van der Waals surface area contributed by atoms with Crippen LogP contribution in [0.3, 0.4) is 0 Å². The lowest BCUT2D eigenvalue weighted by atomic mass is 10.1. The highest BCUT2D eigenvalue weighted by Crippen LogP contribution is 2.12. The Morgan fingerprint density at radius 1 is 1.10 bits per heavy atom. The lowest BCUT2D eigenvalue weighted by Crippen LogP contribution is -2.38. The van der Waals surface area contributed by atoms with Crippen LogP contribution in [0.5, 0.6) is 0 Å². The number of thioether (sulfide) groups is 1. The van der Waals surface area contributed by atoms with Crippen LogP contribution in [0.25, 0.3) is 6.08 Å². The molecule has 1 heterocycles. The van der Waals surface area contributed by atoms with E-state index < -0.39 is 11.2 Å². The Hall–Kier alpha value is -1.80. The quantitative estimate of drug-likeness (QED) is 0.255. The summed E-state index contributed by atoms with van der Waals surface area (Å²) in [6.07, 6.45) is 12.8. The van der Waals surface area contributed by atoms with E-state index in [-0.39, 0.29) is 24.1 Å². The normalized spacial score (nSPS) is 12.4. The smallest absolute Gasteiger partial charge is 0.325 e. The van der Waals surface area contributed by atoms with Crippen LogP contribution in [0.1, 0.15) is 69.5 Å². The van der Waals surface area contributed by atoms with Gasteiger partial charge >= 0.3 is 5.69 Å². The third-order valence-electron chi connectivity index (χ3n) is 4.61. The number of hydrogen-bond donors (Lipinski definition) is 4. The van der Waals surface area contributed by atoms with Gasteiger partial charge in [-0.25, -0.2) is 4.79 Å². The number of aryl methyl sites for hydroxylation is 1. The largest absolute Gasteiger partial charge is 0.394 e. The van der Waals surface area contributed by atoms with E-state index in [0.29, 0.717) is 11.4 Å². The fraction of sp³-hybridized carbons (Fsp3) is 0.667. The minimum absolute atomic E-state index is 0.137. The lowest BCUT2D eigenvalue weighted by molar-refractivity contribution is -0.117. The zero-order valence-electron chi connectivity index (χ0n) is 17.6. The summed E-state index contributed by atoms with van der Waals surface area (Å²) in [5.41, 5.74) is -0.510. The molecule has 0 bridgehead atoms. The number of carbonyl (C=O) groups excluding carboxylic acids is 1. The molecule has 8 heteroatoms. The van der Waals surface area contributed by atoms with Crippen molar-refractivity contribution in [1.29, 1.82) is 0 Å². The molecule has 1 unspecified atom stereocenters.